The number of hydrogen-bond donors (Lipinski definition) is 3. The van der Waals surface area contributed by atoms with Crippen molar-refractivity contribution in [3.8, 4) is 11.3 Å². The second-order valence-electron chi connectivity index (χ2n) is 4.98. The average molecular weight is 308 g/mol. The third-order valence-corrected chi connectivity index (χ3v) is 3.86. The molecule has 1 aliphatic rings. The monoisotopic (exact) mass is 307 g/mol. The number of benzene rings is 1. The Hall–Kier alpha value is -2.08. The Bertz CT molecular complexity index is 710. The first-order valence-electron chi connectivity index (χ1n) is 6.73. The zero-order valence-corrected chi connectivity index (χ0v) is 12.0. The van der Waals surface area contributed by atoms with Gasteiger partial charge in [-0.25, -0.2) is 4.39 Å². The van der Waals surface area contributed by atoms with E-state index in [4.69, 9.17) is 22.7 Å². The van der Waals surface area contributed by atoms with E-state index in [2.05, 4.69) is 10.4 Å². The lowest BCUT2D eigenvalue weighted by molar-refractivity contribution is 0.628. The summed E-state index contributed by atoms with van der Waals surface area (Å²) in [5, 5.41) is 15.6. The summed E-state index contributed by atoms with van der Waals surface area (Å²) in [6, 6.07) is 4.22. The third kappa shape index (κ3) is 2.47. The summed E-state index contributed by atoms with van der Waals surface area (Å²) in [6.07, 6.45) is 2.86. The SMILES string of the molecule is N=C(N)n1nc(-c2ccc(F)cc2Cl)c2c1NCCCC2. The maximum atomic E-state index is 13.2. The Morgan fingerprint density at radius 2 is 2.24 bits per heavy atom. The van der Waals surface area contributed by atoms with Crippen LogP contribution in [0.3, 0.4) is 0 Å². The lowest BCUT2D eigenvalue weighted by atomic mass is 10.0. The molecule has 0 saturated heterocycles. The van der Waals surface area contributed by atoms with Crippen molar-refractivity contribution in [2.24, 2.45) is 5.73 Å². The molecule has 1 aliphatic heterocycles. The molecule has 0 bridgehead atoms. The van der Waals surface area contributed by atoms with E-state index in [0.717, 1.165) is 37.2 Å². The molecule has 7 heteroatoms. The molecule has 2 heterocycles. The van der Waals surface area contributed by atoms with Gasteiger partial charge in [0.2, 0.25) is 5.96 Å². The van der Waals surface area contributed by atoms with Gasteiger partial charge in [-0.05, 0) is 37.5 Å². The van der Waals surface area contributed by atoms with Crippen molar-refractivity contribution in [1.29, 1.82) is 5.41 Å². The molecular formula is C14H15ClFN5. The Morgan fingerprint density at radius 3 is 2.95 bits per heavy atom. The van der Waals surface area contributed by atoms with Crippen molar-refractivity contribution in [2.45, 2.75) is 19.3 Å². The molecule has 5 nitrogen and oxygen atoms in total. The molecule has 0 radical (unpaired) electrons. The fourth-order valence-corrected chi connectivity index (χ4v) is 2.83. The standard InChI is InChI=1S/C14H15ClFN5/c15-11-7-8(16)4-5-9(11)12-10-3-1-2-6-19-13(10)21(20-12)14(17)18/h4-5,7,19H,1-3,6H2,(H3,17,18). The molecule has 0 aliphatic carbocycles. The molecule has 0 amide bonds. The normalized spacial score (nSPS) is 14.2. The molecular weight excluding hydrogens is 293 g/mol. The van der Waals surface area contributed by atoms with Gasteiger partial charge in [0.1, 0.15) is 11.6 Å². The van der Waals surface area contributed by atoms with E-state index in [0.29, 0.717) is 16.3 Å². The van der Waals surface area contributed by atoms with Crippen LogP contribution < -0.4 is 11.1 Å². The number of halogens is 2. The molecule has 0 spiro atoms. The van der Waals surface area contributed by atoms with Gasteiger partial charge in [-0.2, -0.15) is 9.78 Å². The summed E-state index contributed by atoms with van der Waals surface area (Å²) in [5.41, 5.74) is 7.87. The largest absolute Gasteiger partial charge is 0.370 e. The number of aromatic nitrogens is 2. The summed E-state index contributed by atoms with van der Waals surface area (Å²) < 4.78 is 14.6. The molecule has 2 aromatic rings. The number of hydrogen-bond acceptors (Lipinski definition) is 3. The van der Waals surface area contributed by atoms with Gasteiger partial charge < -0.3 is 11.1 Å². The smallest absolute Gasteiger partial charge is 0.215 e. The van der Waals surface area contributed by atoms with Gasteiger partial charge >= 0.3 is 0 Å². The highest BCUT2D eigenvalue weighted by atomic mass is 35.5. The summed E-state index contributed by atoms with van der Waals surface area (Å²) in [5.74, 6) is 0.180. The molecule has 0 atom stereocenters. The van der Waals surface area contributed by atoms with Gasteiger partial charge in [0, 0.05) is 17.7 Å². The van der Waals surface area contributed by atoms with E-state index in [9.17, 15) is 4.39 Å². The zero-order chi connectivity index (χ0) is 15.0. The van der Waals surface area contributed by atoms with E-state index in [1.807, 2.05) is 0 Å². The molecule has 4 N–H and O–H groups in total. The fraction of sp³-hybridized carbons (Fsp3) is 0.286. The minimum absolute atomic E-state index is 0.162. The van der Waals surface area contributed by atoms with Gasteiger partial charge in [-0.1, -0.05) is 11.6 Å². The van der Waals surface area contributed by atoms with Gasteiger partial charge in [0.15, 0.2) is 0 Å². The first-order chi connectivity index (χ1) is 10.1. The Morgan fingerprint density at radius 1 is 1.43 bits per heavy atom. The Kier molecular flexibility index (Phi) is 3.55. The highest BCUT2D eigenvalue weighted by Gasteiger charge is 2.23. The van der Waals surface area contributed by atoms with E-state index in [-0.39, 0.29) is 11.8 Å². The van der Waals surface area contributed by atoms with Crippen LogP contribution in [0.15, 0.2) is 18.2 Å². The minimum Gasteiger partial charge on any atom is -0.370 e. The average Bonchev–Trinajstić information content (AvgIpc) is 2.63. The summed E-state index contributed by atoms with van der Waals surface area (Å²) >= 11 is 6.14. The number of nitrogens with zero attached hydrogens (tertiary/aromatic N) is 2. The molecule has 0 unspecified atom stereocenters. The van der Waals surface area contributed by atoms with E-state index >= 15 is 0 Å². The molecule has 1 aromatic heterocycles. The second-order valence-corrected chi connectivity index (χ2v) is 5.39. The number of nitrogens with one attached hydrogen (secondary N) is 2. The quantitative estimate of drug-likeness (QED) is 0.560. The summed E-state index contributed by atoms with van der Waals surface area (Å²) in [7, 11) is 0. The van der Waals surface area contributed by atoms with Crippen LogP contribution in [-0.2, 0) is 6.42 Å². The fourth-order valence-electron chi connectivity index (χ4n) is 2.57. The van der Waals surface area contributed by atoms with Crippen molar-refractivity contribution < 1.29 is 4.39 Å². The molecule has 0 fully saturated rings. The van der Waals surface area contributed by atoms with Gasteiger partial charge in [0.25, 0.3) is 0 Å². The maximum absolute atomic E-state index is 13.2. The highest BCUT2D eigenvalue weighted by molar-refractivity contribution is 6.33. The number of fused-ring (bicyclic) bond motifs is 1. The van der Waals surface area contributed by atoms with Crippen molar-refractivity contribution in [3.63, 3.8) is 0 Å². The number of nitrogen functional groups attached to an aromatic ring is 1. The number of nitrogens with two attached hydrogens (primary N) is 1. The van der Waals surface area contributed by atoms with E-state index in [1.165, 1.54) is 16.8 Å². The van der Waals surface area contributed by atoms with Crippen LogP contribution in [0.25, 0.3) is 11.3 Å². The van der Waals surface area contributed by atoms with Crippen molar-refractivity contribution >= 4 is 23.4 Å². The number of anilines is 1. The predicted octanol–water partition coefficient (Wildman–Crippen LogP) is 2.83. The van der Waals surface area contributed by atoms with Gasteiger partial charge in [0.05, 0.1) is 10.7 Å². The van der Waals surface area contributed by atoms with Crippen LogP contribution >= 0.6 is 11.6 Å². The van der Waals surface area contributed by atoms with Crippen LogP contribution in [0.2, 0.25) is 5.02 Å². The topological polar surface area (TPSA) is 79.7 Å². The predicted molar refractivity (Wildman–Crippen MR) is 81.4 cm³/mol. The second kappa shape index (κ2) is 5.37. The molecule has 0 saturated carbocycles. The van der Waals surface area contributed by atoms with E-state index < -0.39 is 0 Å². The van der Waals surface area contributed by atoms with Crippen molar-refractivity contribution in [2.75, 3.05) is 11.9 Å². The lowest BCUT2D eigenvalue weighted by Crippen LogP contribution is -2.24. The summed E-state index contributed by atoms with van der Waals surface area (Å²) in [6.45, 7) is 0.808. The first kappa shape index (κ1) is 13.9. The molecule has 3 rings (SSSR count). The lowest BCUT2D eigenvalue weighted by Gasteiger charge is -2.06. The van der Waals surface area contributed by atoms with Crippen LogP contribution in [-0.4, -0.2) is 22.3 Å². The van der Waals surface area contributed by atoms with Crippen LogP contribution in [0.4, 0.5) is 10.2 Å². The maximum Gasteiger partial charge on any atom is 0.215 e. The van der Waals surface area contributed by atoms with Crippen molar-refractivity contribution in [3.05, 3.63) is 34.6 Å². The van der Waals surface area contributed by atoms with E-state index in [1.54, 1.807) is 6.07 Å². The number of rotatable bonds is 1. The van der Waals surface area contributed by atoms with Crippen LogP contribution in [0.1, 0.15) is 18.4 Å². The molecule has 1 aromatic carbocycles. The minimum atomic E-state index is -0.390. The highest BCUT2D eigenvalue weighted by Crippen LogP contribution is 2.35. The van der Waals surface area contributed by atoms with Gasteiger partial charge in [-0.15, -0.1) is 0 Å². The van der Waals surface area contributed by atoms with Gasteiger partial charge in [-0.3, -0.25) is 5.41 Å². The van der Waals surface area contributed by atoms with Crippen LogP contribution in [0.5, 0.6) is 0 Å². The van der Waals surface area contributed by atoms with Crippen molar-refractivity contribution in [1.82, 2.24) is 9.78 Å². The summed E-state index contributed by atoms with van der Waals surface area (Å²) in [4.78, 5) is 0. The Balaban J connectivity index is 2.20. The van der Waals surface area contributed by atoms with Crippen LogP contribution in [0, 0.1) is 11.2 Å². The Labute approximate surface area is 126 Å². The first-order valence-corrected chi connectivity index (χ1v) is 7.11. The molecule has 21 heavy (non-hydrogen) atoms. The molecule has 110 valence electrons. The zero-order valence-electron chi connectivity index (χ0n) is 11.3. The third-order valence-electron chi connectivity index (χ3n) is 3.54.